The summed E-state index contributed by atoms with van der Waals surface area (Å²) in [5.41, 5.74) is 3.21. The van der Waals surface area contributed by atoms with Crippen LogP contribution >= 0.6 is 11.3 Å². The van der Waals surface area contributed by atoms with Gasteiger partial charge < -0.3 is 20.6 Å². The summed E-state index contributed by atoms with van der Waals surface area (Å²) in [6, 6.07) is 10.7. The third kappa shape index (κ3) is 3.42. The van der Waals surface area contributed by atoms with E-state index < -0.39 is 0 Å². The van der Waals surface area contributed by atoms with Crippen LogP contribution in [0.3, 0.4) is 0 Å². The van der Waals surface area contributed by atoms with E-state index in [1.54, 1.807) is 11.3 Å². The van der Waals surface area contributed by atoms with Crippen LogP contribution in [0.25, 0.3) is 0 Å². The molecule has 0 saturated carbocycles. The minimum Gasteiger partial charge on any atom is -0.393 e. The number of benzene rings is 1. The first-order valence-electron chi connectivity index (χ1n) is 8.82. The molecule has 2 atom stereocenters. The van der Waals surface area contributed by atoms with Gasteiger partial charge in [-0.3, -0.25) is 0 Å². The standard InChI is InChI=1S/C19H24N4OS/c1-12(24)9-14-11-23(8-7-20-14)18-15-10-13(2)25-19(15)22-17-6-4-3-5-16(17)21-18/h3-6,10,12,14,20,22,24H,7-9,11H2,1-2H3/t12-,14-/m0/s1. The molecule has 2 aliphatic rings. The van der Waals surface area contributed by atoms with E-state index in [9.17, 15) is 5.11 Å². The second kappa shape index (κ2) is 6.78. The van der Waals surface area contributed by atoms with Gasteiger partial charge in [0, 0.05) is 30.6 Å². The fraction of sp³-hybridized carbons (Fsp3) is 0.421. The van der Waals surface area contributed by atoms with E-state index in [1.807, 2.05) is 19.1 Å². The number of hydrogen-bond acceptors (Lipinski definition) is 6. The molecular formula is C19H24N4OS. The highest BCUT2D eigenvalue weighted by molar-refractivity contribution is 7.16. The lowest BCUT2D eigenvalue weighted by Gasteiger charge is -2.36. The van der Waals surface area contributed by atoms with Crippen LogP contribution in [-0.4, -0.2) is 47.6 Å². The Kier molecular flexibility index (Phi) is 4.50. The molecule has 4 rings (SSSR count). The van der Waals surface area contributed by atoms with Crippen LogP contribution < -0.4 is 10.6 Å². The maximum absolute atomic E-state index is 9.74. The number of thiophene rings is 1. The zero-order valence-corrected chi connectivity index (χ0v) is 15.4. The van der Waals surface area contributed by atoms with Crippen LogP contribution in [0.15, 0.2) is 35.3 Å². The molecule has 3 N–H and O–H groups in total. The lowest BCUT2D eigenvalue weighted by atomic mass is 10.1. The lowest BCUT2D eigenvalue weighted by Crippen LogP contribution is -2.53. The number of aliphatic hydroxyl groups is 1. The van der Waals surface area contributed by atoms with Crippen molar-refractivity contribution >= 4 is 33.5 Å². The van der Waals surface area contributed by atoms with Crippen molar-refractivity contribution in [3.63, 3.8) is 0 Å². The quantitative estimate of drug-likeness (QED) is 0.773. The zero-order chi connectivity index (χ0) is 17.4. The minimum absolute atomic E-state index is 0.283. The van der Waals surface area contributed by atoms with Gasteiger partial charge in [0.05, 0.1) is 23.0 Å². The average molecular weight is 356 g/mol. The van der Waals surface area contributed by atoms with Crippen molar-refractivity contribution in [1.82, 2.24) is 10.2 Å². The molecule has 5 nitrogen and oxygen atoms in total. The van der Waals surface area contributed by atoms with Gasteiger partial charge in [0.15, 0.2) is 0 Å². The van der Waals surface area contributed by atoms with E-state index in [0.717, 1.165) is 48.3 Å². The Hall–Kier alpha value is -1.89. The van der Waals surface area contributed by atoms with Crippen molar-refractivity contribution in [2.45, 2.75) is 32.4 Å². The Balaban J connectivity index is 1.72. The predicted molar refractivity (Wildman–Crippen MR) is 105 cm³/mol. The lowest BCUT2D eigenvalue weighted by molar-refractivity contribution is 0.151. The molecule has 1 saturated heterocycles. The van der Waals surface area contributed by atoms with Crippen LogP contribution in [0.5, 0.6) is 0 Å². The highest BCUT2D eigenvalue weighted by Crippen LogP contribution is 2.39. The van der Waals surface area contributed by atoms with Crippen LogP contribution in [-0.2, 0) is 0 Å². The van der Waals surface area contributed by atoms with Gasteiger partial charge in [-0.2, -0.15) is 0 Å². The molecule has 1 aromatic heterocycles. The van der Waals surface area contributed by atoms with Crippen LogP contribution in [0, 0.1) is 6.92 Å². The fourth-order valence-corrected chi connectivity index (χ4v) is 4.50. The number of nitrogens with one attached hydrogen (secondary N) is 2. The first kappa shape index (κ1) is 16.6. The third-order valence-corrected chi connectivity index (χ3v) is 5.62. The molecule has 0 unspecified atom stereocenters. The van der Waals surface area contributed by atoms with E-state index in [-0.39, 0.29) is 12.1 Å². The third-order valence-electron chi connectivity index (χ3n) is 4.66. The molecule has 0 radical (unpaired) electrons. The minimum atomic E-state index is -0.296. The van der Waals surface area contributed by atoms with Crippen molar-refractivity contribution in [1.29, 1.82) is 0 Å². The molecule has 132 valence electrons. The van der Waals surface area contributed by atoms with Crippen molar-refractivity contribution < 1.29 is 5.11 Å². The Morgan fingerprint density at radius 2 is 2.24 bits per heavy atom. The predicted octanol–water partition coefficient (Wildman–Crippen LogP) is 3.24. The summed E-state index contributed by atoms with van der Waals surface area (Å²) >= 11 is 1.77. The van der Waals surface area contributed by atoms with Gasteiger partial charge >= 0.3 is 0 Å². The molecule has 2 aromatic rings. The average Bonchev–Trinajstić information content (AvgIpc) is 2.86. The van der Waals surface area contributed by atoms with Crippen LogP contribution in [0.4, 0.5) is 16.4 Å². The van der Waals surface area contributed by atoms with Crippen molar-refractivity contribution in [3.05, 3.63) is 40.8 Å². The molecule has 0 bridgehead atoms. The second-order valence-electron chi connectivity index (χ2n) is 6.86. The number of aliphatic imine (C=N–C) groups is 1. The number of nitrogens with zero attached hydrogens (tertiary/aromatic N) is 2. The molecule has 1 fully saturated rings. The zero-order valence-electron chi connectivity index (χ0n) is 14.6. The highest BCUT2D eigenvalue weighted by Gasteiger charge is 2.27. The van der Waals surface area contributed by atoms with Gasteiger partial charge in [-0.15, -0.1) is 11.3 Å². The van der Waals surface area contributed by atoms with Gasteiger partial charge in [-0.25, -0.2) is 4.99 Å². The fourth-order valence-electron chi connectivity index (χ4n) is 3.58. The summed E-state index contributed by atoms with van der Waals surface area (Å²) < 4.78 is 0. The van der Waals surface area contributed by atoms with E-state index in [4.69, 9.17) is 4.99 Å². The second-order valence-corrected chi connectivity index (χ2v) is 8.12. The van der Waals surface area contributed by atoms with Gasteiger partial charge in [-0.1, -0.05) is 12.1 Å². The van der Waals surface area contributed by atoms with E-state index >= 15 is 0 Å². The number of aryl methyl sites for hydroxylation is 1. The smallest absolute Gasteiger partial charge is 0.139 e. The summed E-state index contributed by atoms with van der Waals surface area (Å²) in [6.45, 7) is 6.68. The molecule has 25 heavy (non-hydrogen) atoms. The summed E-state index contributed by atoms with van der Waals surface area (Å²) in [5.74, 6) is 1.04. The van der Waals surface area contributed by atoms with Crippen molar-refractivity contribution in [2.75, 3.05) is 25.0 Å². The molecule has 6 heteroatoms. The van der Waals surface area contributed by atoms with E-state index in [2.05, 4.69) is 40.7 Å². The Labute approximate surface area is 152 Å². The molecule has 1 aromatic carbocycles. The van der Waals surface area contributed by atoms with Gasteiger partial charge in [0.2, 0.25) is 0 Å². The van der Waals surface area contributed by atoms with Crippen LogP contribution in [0.1, 0.15) is 23.8 Å². The van der Waals surface area contributed by atoms with Crippen molar-refractivity contribution in [3.8, 4) is 0 Å². The molecule has 3 heterocycles. The number of amidine groups is 1. The summed E-state index contributed by atoms with van der Waals surface area (Å²) in [5, 5.41) is 18.0. The largest absolute Gasteiger partial charge is 0.393 e. The van der Waals surface area contributed by atoms with Gasteiger partial charge in [-0.05, 0) is 38.5 Å². The number of rotatable bonds is 2. The molecular weight excluding hydrogens is 332 g/mol. The topological polar surface area (TPSA) is 59.9 Å². The van der Waals surface area contributed by atoms with Gasteiger partial charge in [0.1, 0.15) is 10.8 Å². The van der Waals surface area contributed by atoms with Crippen molar-refractivity contribution in [2.24, 2.45) is 4.99 Å². The molecule has 2 aliphatic heterocycles. The maximum atomic E-state index is 9.74. The normalized spacial score (nSPS) is 20.8. The number of piperazine rings is 1. The molecule has 0 amide bonds. The molecule has 0 aliphatic carbocycles. The summed E-state index contributed by atoms with van der Waals surface area (Å²) in [6.07, 6.45) is 0.462. The first-order chi connectivity index (χ1) is 12.1. The SMILES string of the molecule is Cc1cc2c(s1)Nc1ccccc1N=C2N1CCN[C@@H](C[C@H](C)O)C1. The number of fused-ring (bicyclic) bond motifs is 2. The highest BCUT2D eigenvalue weighted by atomic mass is 32.1. The Bertz CT molecular complexity index is 798. The number of aliphatic hydroxyl groups excluding tert-OH is 1. The Morgan fingerprint density at radius 3 is 3.08 bits per heavy atom. The molecule has 0 spiro atoms. The van der Waals surface area contributed by atoms with Crippen LogP contribution in [0.2, 0.25) is 0 Å². The Morgan fingerprint density at radius 1 is 1.40 bits per heavy atom. The summed E-state index contributed by atoms with van der Waals surface area (Å²) in [4.78, 5) is 8.66. The van der Waals surface area contributed by atoms with Gasteiger partial charge in [0.25, 0.3) is 0 Å². The number of anilines is 2. The summed E-state index contributed by atoms with van der Waals surface area (Å²) in [7, 11) is 0. The first-order valence-corrected chi connectivity index (χ1v) is 9.64. The number of hydrogen-bond donors (Lipinski definition) is 3. The number of para-hydroxylation sites is 2. The van der Waals surface area contributed by atoms with E-state index in [1.165, 1.54) is 10.4 Å². The van der Waals surface area contributed by atoms with E-state index in [0.29, 0.717) is 0 Å². The monoisotopic (exact) mass is 356 g/mol. The maximum Gasteiger partial charge on any atom is 0.139 e.